The number of carbonyl (C=O) groups is 2. The fourth-order valence-corrected chi connectivity index (χ4v) is 2.43. The summed E-state index contributed by atoms with van der Waals surface area (Å²) < 4.78 is 6.18. The van der Waals surface area contributed by atoms with Gasteiger partial charge in [-0.05, 0) is 54.3 Å². The summed E-state index contributed by atoms with van der Waals surface area (Å²) in [6.45, 7) is 7.87. The number of anilines is 1. The van der Waals surface area contributed by atoms with Crippen molar-refractivity contribution in [3.8, 4) is 0 Å². The Morgan fingerprint density at radius 3 is 2.08 bits per heavy atom. The number of halogens is 1. The second-order valence-corrected chi connectivity index (χ2v) is 7.79. The van der Waals surface area contributed by atoms with Gasteiger partial charge in [-0.25, -0.2) is 4.79 Å². The number of hydrogen-bond donors (Lipinski definition) is 1. The number of carbonyl (C=O) groups excluding carboxylic acids is 2. The van der Waals surface area contributed by atoms with Gasteiger partial charge in [-0.2, -0.15) is 0 Å². The third kappa shape index (κ3) is 5.43. The van der Waals surface area contributed by atoms with Crippen LogP contribution in [-0.2, 0) is 14.9 Å². The van der Waals surface area contributed by atoms with E-state index >= 15 is 0 Å². The molecule has 0 aromatic heterocycles. The largest absolute Gasteiger partial charge is 0.449 e. The highest BCUT2D eigenvalue weighted by atomic mass is 79.9. The molecule has 0 radical (unpaired) electrons. The highest BCUT2D eigenvalue weighted by molar-refractivity contribution is 9.10. The fourth-order valence-electron chi connectivity index (χ4n) is 2.17. The smallest absolute Gasteiger partial charge is 0.338 e. The predicted octanol–water partition coefficient (Wildman–Crippen LogP) is 4.93. The maximum Gasteiger partial charge on any atom is 0.338 e. The molecule has 0 saturated heterocycles. The minimum absolute atomic E-state index is 0.0142. The fraction of sp³-hybridized carbons (Fsp3) is 0.300. The van der Waals surface area contributed by atoms with E-state index in [-0.39, 0.29) is 11.3 Å². The number of rotatable bonds is 4. The first-order valence-corrected chi connectivity index (χ1v) is 8.84. The number of benzene rings is 2. The normalized spacial score (nSPS) is 12.4. The summed E-state index contributed by atoms with van der Waals surface area (Å²) in [6.07, 6.45) is -0.890. The Hall–Kier alpha value is -2.14. The summed E-state index contributed by atoms with van der Waals surface area (Å²) in [5, 5.41) is 2.72. The summed E-state index contributed by atoms with van der Waals surface area (Å²) >= 11 is 3.33. The summed E-state index contributed by atoms with van der Waals surface area (Å²) in [4.78, 5) is 24.4. The summed E-state index contributed by atoms with van der Waals surface area (Å²) in [5.74, 6) is -0.888. The number of nitrogens with one attached hydrogen (secondary N) is 1. The highest BCUT2D eigenvalue weighted by Gasteiger charge is 2.20. The summed E-state index contributed by atoms with van der Waals surface area (Å²) in [7, 11) is 0. The predicted molar refractivity (Wildman–Crippen MR) is 103 cm³/mol. The topological polar surface area (TPSA) is 55.4 Å². The van der Waals surface area contributed by atoms with Crippen molar-refractivity contribution >= 4 is 33.5 Å². The highest BCUT2D eigenvalue weighted by Crippen LogP contribution is 2.22. The van der Waals surface area contributed by atoms with E-state index in [0.717, 1.165) is 10.0 Å². The second kappa shape index (κ2) is 7.83. The van der Waals surface area contributed by atoms with E-state index in [1.165, 1.54) is 0 Å². The van der Waals surface area contributed by atoms with E-state index in [1.807, 2.05) is 24.3 Å². The molecule has 1 atom stereocenters. The second-order valence-electron chi connectivity index (χ2n) is 6.87. The molecule has 0 saturated carbocycles. The van der Waals surface area contributed by atoms with Crippen LogP contribution in [0, 0.1) is 0 Å². The van der Waals surface area contributed by atoms with Crippen molar-refractivity contribution in [2.75, 3.05) is 5.32 Å². The lowest BCUT2D eigenvalue weighted by Gasteiger charge is -2.19. The standard InChI is InChI=1S/C20H22BrNO3/c1-13(18(23)22-17-11-9-16(21)10-12-17)25-19(24)14-5-7-15(8-6-14)20(2,3)4/h5-13H,1-4H3,(H,22,23). The SMILES string of the molecule is CC(OC(=O)c1ccc(C(C)(C)C)cc1)C(=O)Nc1ccc(Br)cc1. The molecule has 2 aromatic rings. The summed E-state index contributed by atoms with van der Waals surface area (Å²) in [5.41, 5.74) is 2.22. The van der Waals surface area contributed by atoms with Crippen molar-refractivity contribution in [2.45, 2.75) is 39.2 Å². The lowest BCUT2D eigenvalue weighted by atomic mass is 9.87. The molecule has 0 bridgehead atoms. The van der Waals surface area contributed by atoms with Gasteiger partial charge in [0.25, 0.3) is 5.91 Å². The van der Waals surface area contributed by atoms with Crippen LogP contribution in [0.5, 0.6) is 0 Å². The molecule has 1 N–H and O–H groups in total. The van der Waals surface area contributed by atoms with Crippen molar-refractivity contribution in [3.05, 3.63) is 64.1 Å². The number of amides is 1. The van der Waals surface area contributed by atoms with E-state index in [4.69, 9.17) is 4.74 Å². The maximum absolute atomic E-state index is 12.2. The third-order valence-electron chi connectivity index (χ3n) is 3.75. The van der Waals surface area contributed by atoms with Crippen LogP contribution in [0.25, 0.3) is 0 Å². The van der Waals surface area contributed by atoms with Gasteiger partial charge in [0.15, 0.2) is 6.10 Å². The Balaban J connectivity index is 1.97. The van der Waals surface area contributed by atoms with Crippen LogP contribution < -0.4 is 5.32 Å². The van der Waals surface area contributed by atoms with Crippen LogP contribution in [0.2, 0.25) is 0 Å². The van der Waals surface area contributed by atoms with E-state index in [0.29, 0.717) is 11.3 Å². The van der Waals surface area contributed by atoms with Gasteiger partial charge in [0.2, 0.25) is 0 Å². The maximum atomic E-state index is 12.2. The Morgan fingerprint density at radius 1 is 1.00 bits per heavy atom. The van der Waals surface area contributed by atoms with Crippen LogP contribution in [0.1, 0.15) is 43.6 Å². The number of esters is 1. The quantitative estimate of drug-likeness (QED) is 0.736. The van der Waals surface area contributed by atoms with Gasteiger partial charge < -0.3 is 10.1 Å². The first-order valence-electron chi connectivity index (χ1n) is 8.05. The zero-order chi connectivity index (χ0) is 18.6. The van der Waals surface area contributed by atoms with Crippen LogP contribution in [0.15, 0.2) is 53.0 Å². The summed E-state index contributed by atoms with van der Waals surface area (Å²) in [6, 6.07) is 14.4. The van der Waals surface area contributed by atoms with Gasteiger partial charge in [0.05, 0.1) is 5.56 Å². The Bertz CT molecular complexity index is 746. The molecular formula is C20H22BrNO3. The molecule has 0 spiro atoms. The Labute approximate surface area is 156 Å². The van der Waals surface area contributed by atoms with Gasteiger partial charge >= 0.3 is 5.97 Å². The molecule has 5 heteroatoms. The van der Waals surface area contributed by atoms with Gasteiger partial charge in [-0.1, -0.05) is 48.8 Å². The van der Waals surface area contributed by atoms with E-state index < -0.39 is 12.1 Å². The zero-order valence-electron chi connectivity index (χ0n) is 14.8. The Morgan fingerprint density at radius 2 is 1.56 bits per heavy atom. The molecule has 132 valence electrons. The van der Waals surface area contributed by atoms with Crippen LogP contribution in [0.4, 0.5) is 5.69 Å². The molecule has 1 unspecified atom stereocenters. The molecule has 1 amide bonds. The minimum atomic E-state index is -0.890. The van der Waals surface area contributed by atoms with Crippen LogP contribution in [-0.4, -0.2) is 18.0 Å². The van der Waals surface area contributed by atoms with E-state index in [9.17, 15) is 9.59 Å². The lowest BCUT2D eigenvalue weighted by molar-refractivity contribution is -0.123. The van der Waals surface area contributed by atoms with E-state index in [1.54, 1.807) is 31.2 Å². The van der Waals surface area contributed by atoms with Crippen molar-refractivity contribution in [1.82, 2.24) is 0 Å². The molecule has 0 aliphatic rings. The molecule has 2 aromatic carbocycles. The number of hydrogen-bond acceptors (Lipinski definition) is 3. The zero-order valence-corrected chi connectivity index (χ0v) is 16.4. The van der Waals surface area contributed by atoms with Crippen molar-refractivity contribution in [3.63, 3.8) is 0 Å². The minimum Gasteiger partial charge on any atom is -0.449 e. The van der Waals surface area contributed by atoms with Gasteiger partial charge in [-0.3, -0.25) is 4.79 Å². The molecule has 0 fully saturated rings. The molecule has 4 nitrogen and oxygen atoms in total. The lowest BCUT2D eigenvalue weighted by Crippen LogP contribution is -2.30. The monoisotopic (exact) mass is 403 g/mol. The molecule has 0 heterocycles. The third-order valence-corrected chi connectivity index (χ3v) is 4.28. The van der Waals surface area contributed by atoms with Crippen LogP contribution in [0.3, 0.4) is 0 Å². The first-order chi connectivity index (χ1) is 11.7. The average Bonchev–Trinajstić information content (AvgIpc) is 2.56. The molecule has 2 rings (SSSR count). The van der Waals surface area contributed by atoms with Crippen molar-refractivity contribution in [2.24, 2.45) is 0 Å². The average molecular weight is 404 g/mol. The Kier molecular flexibility index (Phi) is 6.01. The molecule has 25 heavy (non-hydrogen) atoms. The van der Waals surface area contributed by atoms with Crippen molar-refractivity contribution in [1.29, 1.82) is 0 Å². The molecular weight excluding hydrogens is 382 g/mol. The number of ether oxygens (including phenoxy) is 1. The molecule has 0 aliphatic carbocycles. The molecule has 0 aliphatic heterocycles. The van der Waals surface area contributed by atoms with Gasteiger partial charge in [-0.15, -0.1) is 0 Å². The van der Waals surface area contributed by atoms with Crippen LogP contribution >= 0.6 is 15.9 Å². The van der Waals surface area contributed by atoms with E-state index in [2.05, 4.69) is 42.0 Å². The van der Waals surface area contributed by atoms with Crippen molar-refractivity contribution < 1.29 is 14.3 Å². The van der Waals surface area contributed by atoms with Gasteiger partial charge in [0, 0.05) is 10.2 Å². The van der Waals surface area contributed by atoms with Gasteiger partial charge in [0.1, 0.15) is 0 Å². The first kappa shape index (κ1) is 19.2.